The molecular formula is C4H8OS2. The van der Waals surface area contributed by atoms with Gasteiger partial charge in [0.2, 0.25) is 0 Å². The molecule has 0 amide bonds. The summed E-state index contributed by atoms with van der Waals surface area (Å²) in [4.78, 5) is 10.3. The van der Waals surface area contributed by atoms with Gasteiger partial charge in [0.1, 0.15) is 0 Å². The minimum absolute atomic E-state index is 0.218. The number of thiol groups is 1. The maximum Gasteiger partial charge on any atom is 0.189 e. The molecule has 0 radical (unpaired) electrons. The van der Waals surface area contributed by atoms with E-state index in [2.05, 4.69) is 12.6 Å². The fourth-order valence-corrected chi connectivity index (χ4v) is 0.854. The zero-order chi connectivity index (χ0) is 5.70. The van der Waals surface area contributed by atoms with Crippen molar-refractivity contribution in [1.29, 1.82) is 0 Å². The molecule has 0 aromatic heterocycles. The second-order valence-corrected chi connectivity index (χ2v) is 2.36. The third-order valence-electron chi connectivity index (χ3n) is 0.544. The molecule has 0 atom stereocenters. The quantitative estimate of drug-likeness (QED) is 0.574. The Labute approximate surface area is 53.3 Å². The van der Waals surface area contributed by atoms with E-state index in [0.717, 1.165) is 0 Å². The van der Waals surface area contributed by atoms with Crippen LogP contribution in [0.4, 0.5) is 0 Å². The maximum absolute atomic E-state index is 10.3. The van der Waals surface area contributed by atoms with Gasteiger partial charge in [-0.05, 0) is 12.0 Å². The minimum atomic E-state index is 0.218. The summed E-state index contributed by atoms with van der Waals surface area (Å²) in [7, 11) is 0. The monoisotopic (exact) mass is 136 g/mol. The van der Waals surface area contributed by atoms with Crippen molar-refractivity contribution < 1.29 is 4.79 Å². The van der Waals surface area contributed by atoms with E-state index in [1.165, 1.54) is 11.8 Å². The van der Waals surface area contributed by atoms with Gasteiger partial charge in [-0.15, -0.1) is 0 Å². The van der Waals surface area contributed by atoms with Crippen LogP contribution in [0.5, 0.6) is 0 Å². The van der Waals surface area contributed by atoms with Crippen LogP contribution in [-0.4, -0.2) is 17.1 Å². The molecule has 0 aromatic rings. The molecule has 0 N–H and O–H groups in total. The summed E-state index contributed by atoms with van der Waals surface area (Å²) < 4.78 is 0. The van der Waals surface area contributed by atoms with E-state index >= 15 is 0 Å². The Hall–Kier alpha value is 0.370. The zero-order valence-electron chi connectivity index (χ0n) is 4.18. The summed E-state index contributed by atoms with van der Waals surface area (Å²) in [6.07, 6.45) is 2.37. The van der Waals surface area contributed by atoms with Crippen molar-refractivity contribution in [2.45, 2.75) is 6.42 Å². The van der Waals surface area contributed by atoms with Crippen molar-refractivity contribution in [3.8, 4) is 0 Å². The highest BCUT2D eigenvalue weighted by molar-refractivity contribution is 8.13. The predicted molar refractivity (Wildman–Crippen MR) is 37.0 cm³/mol. The summed E-state index contributed by atoms with van der Waals surface area (Å²) in [5.74, 6) is 0.666. The summed E-state index contributed by atoms with van der Waals surface area (Å²) in [5.41, 5.74) is 0. The number of carbonyl (C=O) groups excluding carboxylic acids is 1. The lowest BCUT2D eigenvalue weighted by Crippen LogP contribution is -1.88. The smallest absolute Gasteiger partial charge is 0.189 e. The van der Waals surface area contributed by atoms with Gasteiger partial charge in [0, 0.05) is 6.42 Å². The Kier molecular flexibility index (Phi) is 4.77. The Morgan fingerprint density at radius 2 is 2.43 bits per heavy atom. The molecule has 3 heteroatoms. The molecular weight excluding hydrogens is 128 g/mol. The van der Waals surface area contributed by atoms with E-state index < -0.39 is 0 Å². The second-order valence-electron chi connectivity index (χ2n) is 1.05. The number of thioether (sulfide) groups is 1. The average molecular weight is 136 g/mol. The Balaban J connectivity index is 3.00. The lowest BCUT2D eigenvalue weighted by molar-refractivity contribution is -0.110. The maximum atomic E-state index is 10.3. The van der Waals surface area contributed by atoms with Gasteiger partial charge in [-0.3, -0.25) is 4.79 Å². The van der Waals surface area contributed by atoms with Gasteiger partial charge in [-0.1, -0.05) is 11.8 Å². The molecule has 1 nitrogen and oxygen atoms in total. The molecule has 0 unspecified atom stereocenters. The molecule has 7 heavy (non-hydrogen) atoms. The van der Waals surface area contributed by atoms with Crippen LogP contribution in [-0.2, 0) is 4.79 Å². The number of hydrogen-bond donors (Lipinski definition) is 1. The van der Waals surface area contributed by atoms with Crippen LogP contribution in [0, 0.1) is 0 Å². The molecule has 0 aliphatic rings. The van der Waals surface area contributed by atoms with Crippen LogP contribution in [0.2, 0.25) is 0 Å². The molecule has 0 bridgehead atoms. The fraction of sp³-hybridized carbons (Fsp3) is 0.750. The average Bonchev–Trinajstić information content (AvgIpc) is 1.68. The van der Waals surface area contributed by atoms with Gasteiger partial charge < -0.3 is 0 Å². The molecule has 0 spiro atoms. The molecule has 0 rings (SSSR count). The molecule has 0 saturated heterocycles. The SMILES string of the molecule is CSC(=O)CCS. The third-order valence-corrected chi connectivity index (χ3v) is 1.43. The summed E-state index contributed by atoms with van der Waals surface area (Å²) >= 11 is 5.14. The molecule has 0 saturated carbocycles. The van der Waals surface area contributed by atoms with E-state index in [9.17, 15) is 4.79 Å². The van der Waals surface area contributed by atoms with Crippen molar-refractivity contribution in [3.05, 3.63) is 0 Å². The minimum Gasteiger partial charge on any atom is -0.287 e. The van der Waals surface area contributed by atoms with Crippen molar-refractivity contribution in [1.82, 2.24) is 0 Å². The first kappa shape index (κ1) is 7.37. The van der Waals surface area contributed by atoms with Gasteiger partial charge >= 0.3 is 0 Å². The van der Waals surface area contributed by atoms with Gasteiger partial charge in [0.25, 0.3) is 0 Å². The van der Waals surface area contributed by atoms with E-state index in [1.807, 2.05) is 0 Å². The Bertz CT molecular complexity index is 62.7. The molecule has 42 valence electrons. The summed E-state index contributed by atoms with van der Waals surface area (Å²) in [5, 5.41) is 0.218. The van der Waals surface area contributed by atoms with Crippen molar-refractivity contribution >= 4 is 29.5 Å². The first-order valence-corrected chi connectivity index (χ1v) is 3.84. The van der Waals surface area contributed by atoms with Gasteiger partial charge in [0.05, 0.1) is 0 Å². The number of rotatable bonds is 2. The predicted octanol–water partition coefficient (Wildman–Crippen LogP) is 1.20. The highest BCUT2D eigenvalue weighted by Gasteiger charge is 1.92. The van der Waals surface area contributed by atoms with Gasteiger partial charge in [-0.25, -0.2) is 0 Å². The van der Waals surface area contributed by atoms with Crippen LogP contribution in [0.15, 0.2) is 0 Å². The first-order chi connectivity index (χ1) is 3.31. The highest BCUT2D eigenvalue weighted by Crippen LogP contribution is 1.98. The zero-order valence-corrected chi connectivity index (χ0v) is 5.89. The van der Waals surface area contributed by atoms with Gasteiger partial charge in [-0.2, -0.15) is 12.6 Å². The van der Waals surface area contributed by atoms with Crippen LogP contribution >= 0.6 is 24.4 Å². The lowest BCUT2D eigenvalue weighted by Gasteiger charge is -1.86. The molecule has 0 heterocycles. The fourth-order valence-electron chi connectivity index (χ4n) is 0.193. The van der Waals surface area contributed by atoms with Crippen molar-refractivity contribution in [2.75, 3.05) is 12.0 Å². The van der Waals surface area contributed by atoms with Crippen LogP contribution < -0.4 is 0 Å². The normalized spacial score (nSPS) is 8.86. The van der Waals surface area contributed by atoms with Crippen molar-refractivity contribution in [2.24, 2.45) is 0 Å². The summed E-state index contributed by atoms with van der Waals surface area (Å²) in [6.45, 7) is 0. The first-order valence-electron chi connectivity index (χ1n) is 1.99. The standard InChI is InChI=1S/C4H8OS2/c1-7-4(5)2-3-6/h6H,2-3H2,1H3. The number of carbonyl (C=O) groups is 1. The number of hydrogen-bond acceptors (Lipinski definition) is 3. The van der Waals surface area contributed by atoms with E-state index in [1.54, 1.807) is 6.26 Å². The third kappa shape index (κ3) is 4.22. The van der Waals surface area contributed by atoms with Crippen LogP contribution in [0.1, 0.15) is 6.42 Å². The van der Waals surface area contributed by atoms with E-state index in [-0.39, 0.29) is 5.12 Å². The van der Waals surface area contributed by atoms with E-state index in [4.69, 9.17) is 0 Å². The Morgan fingerprint density at radius 1 is 1.86 bits per heavy atom. The van der Waals surface area contributed by atoms with E-state index in [0.29, 0.717) is 12.2 Å². The van der Waals surface area contributed by atoms with Crippen molar-refractivity contribution in [3.63, 3.8) is 0 Å². The lowest BCUT2D eigenvalue weighted by atomic mass is 10.5. The Morgan fingerprint density at radius 3 is 2.57 bits per heavy atom. The van der Waals surface area contributed by atoms with Crippen LogP contribution in [0.3, 0.4) is 0 Å². The topological polar surface area (TPSA) is 17.1 Å². The highest BCUT2D eigenvalue weighted by atomic mass is 32.2. The van der Waals surface area contributed by atoms with Gasteiger partial charge in [0.15, 0.2) is 5.12 Å². The molecule has 0 aliphatic heterocycles. The largest absolute Gasteiger partial charge is 0.287 e. The second kappa shape index (κ2) is 4.53. The molecule has 0 aliphatic carbocycles. The summed E-state index contributed by atoms with van der Waals surface area (Å²) in [6, 6.07) is 0. The van der Waals surface area contributed by atoms with Crippen LogP contribution in [0.25, 0.3) is 0 Å². The molecule has 0 fully saturated rings. The molecule has 0 aromatic carbocycles.